The summed E-state index contributed by atoms with van der Waals surface area (Å²) in [5.41, 5.74) is 0. The highest BCUT2D eigenvalue weighted by Gasteiger charge is 2.30. The summed E-state index contributed by atoms with van der Waals surface area (Å²) >= 11 is 1.94. The molecule has 0 aromatic heterocycles. The van der Waals surface area contributed by atoms with Gasteiger partial charge in [0.15, 0.2) is 0 Å². The molecule has 2 nitrogen and oxygen atoms in total. The van der Waals surface area contributed by atoms with E-state index in [0.29, 0.717) is 23.6 Å². The molecule has 0 radical (unpaired) electrons. The van der Waals surface area contributed by atoms with Gasteiger partial charge in [-0.3, -0.25) is 4.79 Å². The molecular formula is C13H25NOS. The van der Waals surface area contributed by atoms with Crippen LogP contribution in [0, 0.1) is 0 Å². The maximum absolute atomic E-state index is 11.5. The van der Waals surface area contributed by atoms with Gasteiger partial charge in [-0.05, 0) is 19.3 Å². The summed E-state index contributed by atoms with van der Waals surface area (Å²) in [7, 11) is 0. The lowest BCUT2D eigenvalue weighted by Gasteiger charge is -2.25. The number of Topliss-reactive ketones (excluding diaryl/α,β-unsaturated/α-hetero) is 1. The third kappa shape index (κ3) is 4.10. The van der Waals surface area contributed by atoms with Gasteiger partial charge in [0.2, 0.25) is 0 Å². The number of carbonyl (C=O) groups excluding carboxylic acids is 1. The Labute approximate surface area is 104 Å². The van der Waals surface area contributed by atoms with Crippen molar-refractivity contribution in [2.24, 2.45) is 0 Å². The minimum atomic E-state index is 0.421. The van der Waals surface area contributed by atoms with E-state index in [4.69, 9.17) is 0 Å². The lowest BCUT2D eigenvalue weighted by atomic mass is 10.2. The SMILES string of the molecule is CCCCC(CC)SN1CC(=O)CC1CC. The van der Waals surface area contributed by atoms with Gasteiger partial charge in [0, 0.05) is 17.7 Å². The molecule has 0 bridgehead atoms. The van der Waals surface area contributed by atoms with E-state index in [1.54, 1.807) is 0 Å². The van der Waals surface area contributed by atoms with Crippen molar-refractivity contribution < 1.29 is 4.79 Å². The number of rotatable bonds is 7. The van der Waals surface area contributed by atoms with Gasteiger partial charge in [-0.15, -0.1) is 0 Å². The number of ketones is 1. The topological polar surface area (TPSA) is 20.3 Å². The molecule has 0 amide bonds. The van der Waals surface area contributed by atoms with Crippen molar-refractivity contribution in [1.29, 1.82) is 0 Å². The van der Waals surface area contributed by atoms with Crippen LogP contribution in [0.1, 0.15) is 59.3 Å². The molecule has 1 rings (SSSR count). The average molecular weight is 243 g/mol. The van der Waals surface area contributed by atoms with Gasteiger partial charge in [-0.25, -0.2) is 4.31 Å². The van der Waals surface area contributed by atoms with Crippen molar-refractivity contribution in [2.45, 2.75) is 70.6 Å². The lowest BCUT2D eigenvalue weighted by Crippen LogP contribution is -2.25. The maximum atomic E-state index is 11.5. The second-order valence-corrected chi connectivity index (χ2v) is 6.00. The van der Waals surface area contributed by atoms with E-state index in [0.717, 1.165) is 12.8 Å². The first-order valence-electron chi connectivity index (χ1n) is 6.66. The zero-order valence-corrected chi connectivity index (χ0v) is 11.7. The smallest absolute Gasteiger partial charge is 0.149 e. The van der Waals surface area contributed by atoms with Crippen LogP contribution in [0.25, 0.3) is 0 Å². The molecule has 16 heavy (non-hydrogen) atoms. The Hall–Kier alpha value is -0.0200. The predicted molar refractivity (Wildman–Crippen MR) is 71.6 cm³/mol. The van der Waals surface area contributed by atoms with Gasteiger partial charge in [-0.2, -0.15) is 0 Å². The van der Waals surface area contributed by atoms with Crippen LogP contribution in [-0.2, 0) is 4.79 Å². The Kier molecular flexibility index (Phi) is 6.44. The molecule has 2 unspecified atom stereocenters. The normalized spacial score (nSPS) is 23.9. The van der Waals surface area contributed by atoms with E-state index >= 15 is 0 Å². The Balaban J connectivity index is 2.40. The summed E-state index contributed by atoms with van der Waals surface area (Å²) in [6.07, 6.45) is 6.96. The van der Waals surface area contributed by atoms with Crippen LogP contribution in [0.3, 0.4) is 0 Å². The van der Waals surface area contributed by atoms with E-state index in [2.05, 4.69) is 25.1 Å². The largest absolute Gasteiger partial charge is 0.298 e. The summed E-state index contributed by atoms with van der Waals surface area (Å²) in [5, 5.41) is 0.708. The van der Waals surface area contributed by atoms with Gasteiger partial charge in [0.25, 0.3) is 0 Å². The second-order valence-electron chi connectivity index (χ2n) is 4.66. The highest BCUT2D eigenvalue weighted by molar-refractivity contribution is 7.97. The molecule has 0 N–H and O–H groups in total. The third-order valence-electron chi connectivity index (χ3n) is 3.29. The minimum Gasteiger partial charge on any atom is -0.298 e. The number of unbranched alkanes of at least 4 members (excludes halogenated alkanes) is 1. The quantitative estimate of drug-likeness (QED) is 0.637. The zero-order valence-electron chi connectivity index (χ0n) is 10.9. The van der Waals surface area contributed by atoms with Crippen LogP contribution >= 0.6 is 11.9 Å². The summed E-state index contributed by atoms with van der Waals surface area (Å²) in [5.74, 6) is 0.421. The van der Waals surface area contributed by atoms with Gasteiger partial charge in [-0.1, -0.05) is 45.6 Å². The van der Waals surface area contributed by atoms with Crippen molar-refractivity contribution in [3.8, 4) is 0 Å². The first kappa shape index (κ1) is 14.0. The van der Waals surface area contributed by atoms with Crippen LogP contribution in [0.15, 0.2) is 0 Å². The highest BCUT2D eigenvalue weighted by atomic mass is 32.2. The number of hydrogen-bond donors (Lipinski definition) is 0. The van der Waals surface area contributed by atoms with Crippen molar-refractivity contribution >= 4 is 17.7 Å². The van der Waals surface area contributed by atoms with E-state index in [1.165, 1.54) is 25.7 Å². The molecule has 0 spiro atoms. The Morgan fingerprint density at radius 2 is 2.19 bits per heavy atom. The van der Waals surface area contributed by atoms with Crippen LogP contribution in [0.2, 0.25) is 0 Å². The standard InChI is InChI=1S/C13H25NOS/c1-4-7-8-13(6-3)16-14-10-12(15)9-11(14)5-2/h11,13H,4-10H2,1-3H3. The molecule has 3 heteroatoms. The molecule has 0 saturated carbocycles. The fourth-order valence-corrected chi connectivity index (χ4v) is 3.58. The van der Waals surface area contributed by atoms with Crippen LogP contribution < -0.4 is 0 Å². The number of nitrogens with zero attached hydrogens (tertiary/aromatic N) is 1. The van der Waals surface area contributed by atoms with E-state index < -0.39 is 0 Å². The first-order valence-corrected chi connectivity index (χ1v) is 7.49. The van der Waals surface area contributed by atoms with Gasteiger partial charge < -0.3 is 0 Å². The molecular weight excluding hydrogens is 218 g/mol. The zero-order chi connectivity index (χ0) is 12.0. The average Bonchev–Trinajstić information content (AvgIpc) is 2.64. The third-order valence-corrected chi connectivity index (χ3v) is 4.86. The molecule has 1 heterocycles. The van der Waals surface area contributed by atoms with E-state index in [-0.39, 0.29) is 0 Å². The van der Waals surface area contributed by atoms with Crippen LogP contribution in [0.5, 0.6) is 0 Å². The summed E-state index contributed by atoms with van der Waals surface area (Å²) in [6.45, 7) is 7.35. The summed E-state index contributed by atoms with van der Waals surface area (Å²) < 4.78 is 2.34. The van der Waals surface area contributed by atoms with Gasteiger partial charge >= 0.3 is 0 Å². The fraction of sp³-hybridized carbons (Fsp3) is 0.923. The number of carbonyl (C=O) groups is 1. The van der Waals surface area contributed by atoms with Gasteiger partial charge in [0.05, 0.1) is 6.54 Å². The van der Waals surface area contributed by atoms with Crippen molar-refractivity contribution in [3.05, 3.63) is 0 Å². The van der Waals surface area contributed by atoms with Crippen LogP contribution in [-0.4, -0.2) is 27.9 Å². The van der Waals surface area contributed by atoms with E-state index in [1.807, 2.05) is 11.9 Å². The molecule has 0 aliphatic carbocycles. The number of hydrogen-bond acceptors (Lipinski definition) is 3. The Morgan fingerprint density at radius 1 is 1.44 bits per heavy atom. The molecule has 0 aromatic rings. The molecule has 1 aliphatic rings. The van der Waals surface area contributed by atoms with Gasteiger partial charge in [0.1, 0.15) is 5.78 Å². The minimum absolute atomic E-state index is 0.421. The summed E-state index contributed by atoms with van der Waals surface area (Å²) in [4.78, 5) is 11.5. The molecule has 94 valence electrons. The first-order chi connectivity index (χ1) is 7.71. The van der Waals surface area contributed by atoms with Crippen molar-refractivity contribution in [2.75, 3.05) is 6.54 Å². The monoisotopic (exact) mass is 243 g/mol. The van der Waals surface area contributed by atoms with E-state index in [9.17, 15) is 4.79 Å². The van der Waals surface area contributed by atoms with Crippen molar-refractivity contribution in [1.82, 2.24) is 4.31 Å². The molecule has 2 atom stereocenters. The second kappa shape index (κ2) is 7.33. The van der Waals surface area contributed by atoms with Crippen molar-refractivity contribution in [3.63, 3.8) is 0 Å². The molecule has 1 fully saturated rings. The van der Waals surface area contributed by atoms with Crippen LogP contribution in [0.4, 0.5) is 0 Å². The highest BCUT2D eigenvalue weighted by Crippen LogP contribution is 2.31. The predicted octanol–water partition coefficient (Wildman–Crippen LogP) is 3.66. The maximum Gasteiger partial charge on any atom is 0.149 e. The Bertz CT molecular complexity index is 220. The molecule has 1 saturated heterocycles. The Morgan fingerprint density at radius 3 is 2.75 bits per heavy atom. The summed E-state index contributed by atoms with van der Waals surface area (Å²) in [6, 6.07) is 0.494. The lowest BCUT2D eigenvalue weighted by molar-refractivity contribution is -0.116. The molecule has 1 aliphatic heterocycles. The fourth-order valence-electron chi connectivity index (χ4n) is 2.16. The molecule has 0 aromatic carbocycles.